The zero-order chi connectivity index (χ0) is 33.9. The van der Waals surface area contributed by atoms with Crippen LogP contribution in [-0.4, -0.2) is 42.1 Å². The normalized spacial score (nSPS) is 11.6. The lowest BCUT2D eigenvalue weighted by Gasteiger charge is -2.17. The van der Waals surface area contributed by atoms with Crippen LogP contribution in [0.15, 0.2) is 102 Å². The van der Waals surface area contributed by atoms with Crippen molar-refractivity contribution in [2.75, 3.05) is 24.9 Å². The molecule has 4 aromatic rings. The van der Waals surface area contributed by atoms with E-state index in [1.165, 1.54) is 50.3 Å². The zero-order valence-electron chi connectivity index (χ0n) is 26.2. The highest BCUT2D eigenvalue weighted by Gasteiger charge is 2.21. The Kier molecular flexibility index (Phi) is 11.7. The molecule has 0 aliphatic rings. The molecule has 0 aliphatic carbocycles. The highest BCUT2D eigenvalue weighted by molar-refractivity contribution is 8.00. The highest BCUT2D eigenvalue weighted by atomic mass is 32.2. The van der Waals surface area contributed by atoms with Gasteiger partial charge < -0.3 is 25.4 Å². The fraction of sp³-hybridized carbons (Fsp3) is 0.171. The van der Waals surface area contributed by atoms with Gasteiger partial charge in [0.05, 0.1) is 24.4 Å². The van der Waals surface area contributed by atoms with E-state index < -0.39 is 22.0 Å². The lowest BCUT2D eigenvalue weighted by Crippen LogP contribution is -2.30. The van der Waals surface area contributed by atoms with E-state index in [1.807, 2.05) is 13.0 Å². The summed E-state index contributed by atoms with van der Waals surface area (Å²) < 4.78 is 10.7. The first kappa shape index (κ1) is 34.3. The quantitative estimate of drug-likeness (QED) is 0.0614. The Morgan fingerprint density at radius 1 is 0.894 bits per heavy atom. The van der Waals surface area contributed by atoms with Crippen LogP contribution in [0.1, 0.15) is 34.8 Å². The van der Waals surface area contributed by atoms with Crippen molar-refractivity contribution >= 4 is 52.6 Å². The number of thioether (sulfide) groups is 1. The molecule has 4 aromatic carbocycles. The summed E-state index contributed by atoms with van der Waals surface area (Å²) in [5, 5.41) is 19.0. The molecule has 242 valence electrons. The monoisotopic (exact) mass is 654 g/mol. The maximum atomic E-state index is 13.6. The lowest BCUT2D eigenvalue weighted by atomic mass is 10.1. The van der Waals surface area contributed by atoms with Crippen LogP contribution in [0.25, 0.3) is 6.08 Å². The third-order valence-corrected chi connectivity index (χ3v) is 8.32. The maximum absolute atomic E-state index is 13.6. The Hall–Kier alpha value is -5.62. The number of hydrogen-bond donors (Lipinski definition) is 3. The number of nitrogens with one attached hydrogen (secondary N) is 3. The third-order valence-electron chi connectivity index (χ3n) is 6.96. The summed E-state index contributed by atoms with van der Waals surface area (Å²) >= 11 is 1.32. The smallest absolute Gasteiger partial charge is 0.272 e. The molecule has 4 rings (SSSR count). The Balaban J connectivity index is 1.53. The van der Waals surface area contributed by atoms with Gasteiger partial charge in [0, 0.05) is 34.0 Å². The van der Waals surface area contributed by atoms with Crippen molar-refractivity contribution in [2.24, 2.45) is 0 Å². The fourth-order valence-corrected chi connectivity index (χ4v) is 5.51. The van der Waals surface area contributed by atoms with Gasteiger partial charge in [-0.15, -0.1) is 11.8 Å². The molecule has 0 aromatic heterocycles. The van der Waals surface area contributed by atoms with Crippen molar-refractivity contribution in [3.8, 4) is 11.5 Å². The fourth-order valence-electron chi connectivity index (χ4n) is 4.50. The number of anilines is 2. The standard InChI is InChI=1S/C35H34N4O7S/c1-5-32(35(42)37-28-16-15-26(39(43)44)18-22(28)2)47-27-13-9-12-25(21-27)36-34(41)29(38-33(40)24-10-7-6-8-11-24)19-23-14-17-30(45-3)31(20-23)46-4/h6-21,32H,5H2,1-4H3,(H,36,41)(H,37,42)(H,38,40)/b29-19+. The number of aryl methyl sites for hydroxylation is 1. The second kappa shape index (κ2) is 16.1. The average Bonchev–Trinajstić information content (AvgIpc) is 3.08. The number of nitrogens with zero attached hydrogens (tertiary/aromatic N) is 1. The van der Waals surface area contributed by atoms with E-state index in [1.54, 1.807) is 73.7 Å². The minimum Gasteiger partial charge on any atom is -0.493 e. The largest absolute Gasteiger partial charge is 0.493 e. The second-order valence-electron chi connectivity index (χ2n) is 10.2. The SMILES string of the molecule is CCC(Sc1cccc(NC(=O)/C(=C\c2ccc(OC)c(OC)c2)NC(=O)c2ccccc2)c1)C(=O)Nc1ccc([N+](=O)[O-])cc1C. The Labute approximate surface area is 276 Å². The van der Waals surface area contributed by atoms with E-state index in [4.69, 9.17) is 9.47 Å². The molecule has 12 heteroatoms. The number of nitro groups is 1. The summed E-state index contributed by atoms with van der Waals surface area (Å²) in [4.78, 5) is 51.1. The van der Waals surface area contributed by atoms with Gasteiger partial charge in [0.2, 0.25) is 5.91 Å². The molecular formula is C35H34N4O7S. The van der Waals surface area contributed by atoms with E-state index in [-0.39, 0.29) is 17.3 Å². The number of nitro benzene ring substituents is 1. The Morgan fingerprint density at radius 2 is 1.64 bits per heavy atom. The first-order valence-electron chi connectivity index (χ1n) is 14.6. The molecule has 1 unspecified atom stereocenters. The zero-order valence-corrected chi connectivity index (χ0v) is 27.1. The maximum Gasteiger partial charge on any atom is 0.272 e. The summed E-state index contributed by atoms with van der Waals surface area (Å²) in [7, 11) is 3.03. The van der Waals surface area contributed by atoms with Gasteiger partial charge in [0.15, 0.2) is 11.5 Å². The number of carbonyl (C=O) groups excluding carboxylic acids is 3. The van der Waals surface area contributed by atoms with Crippen LogP contribution in [0.3, 0.4) is 0 Å². The van der Waals surface area contributed by atoms with Gasteiger partial charge in [-0.1, -0.05) is 37.3 Å². The van der Waals surface area contributed by atoms with E-state index in [0.717, 1.165) is 4.90 Å². The molecule has 0 heterocycles. The molecule has 0 radical (unpaired) electrons. The molecule has 47 heavy (non-hydrogen) atoms. The summed E-state index contributed by atoms with van der Waals surface area (Å²) in [5.41, 5.74) is 2.43. The van der Waals surface area contributed by atoms with Crippen molar-refractivity contribution in [3.63, 3.8) is 0 Å². The van der Waals surface area contributed by atoms with E-state index in [9.17, 15) is 24.5 Å². The predicted molar refractivity (Wildman–Crippen MR) is 183 cm³/mol. The molecular weight excluding hydrogens is 620 g/mol. The number of rotatable bonds is 13. The van der Waals surface area contributed by atoms with Crippen LogP contribution in [0.5, 0.6) is 11.5 Å². The molecule has 0 saturated heterocycles. The molecule has 0 saturated carbocycles. The van der Waals surface area contributed by atoms with E-state index in [2.05, 4.69) is 16.0 Å². The van der Waals surface area contributed by atoms with Gasteiger partial charge in [-0.25, -0.2) is 0 Å². The molecule has 11 nitrogen and oxygen atoms in total. The molecule has 0 bridgehead atoms. The number of hydrogen-bond acceptors (Lipinski definition) is 8. The van der Waals surface area contributed by atoms with Crippen LogP contribution in [0, 0.1) is 17.0 Å². The lowest BCUT2D eigenvalue weighted by molar-refractivity contribution is -0.384. The van der Waals surface area contributed by atoms with Crippen molar-refractivity contribution in [1.29, 1.82) is 0 Å². The van der Waals surface area contributed by atoms with Gasteiger partial charge in [-0.2, -0.15) is 0 Å². The molecule has 3 N–H and O–H groups in total. The Morgan fingerprint density at radius 3 is 2.30 bits per heavy atom. The van der Waals surface area contributed by atoms with Gasteiger partial charge in [0.25, 0.3) is 17.5 Å². The molecule has 0 fully saturated rings. The minimum atomic E-state index is -0.565. The van der Waals surface area contributed by atoms with Gasteiger partial charge >= 0.3 is 0 Å². The number of ether oxygens (including phenoxy) is 2. The second-order valence-corrected chi connectivity index (χ2v) is 11.5. The summed E-state index contributed by atoms with van der Waals surface area (Å²) in [6.45, 7) is 3.57. The summed E-state index contributed by atoms with van der Waals surface area (Å²) in [6, 6.07) is 24.9. The van der Waals surface area contributed by atoms with Gasteiger partial charge in [-0.05, 0) is 79.1 Å². The van der Waals surface area contributed by atoms with E-state index >= 15 is 0 Å². The molecule has 0 spiro atoms. The van der Waals surface area contributed by atoms with Crippen LogP contribution in [0.4, 0.5) is 17.1 Å². The van der Waals surface area contributed by atoms with Gasteiger partial charge in [0.1, 0.15) is 5.70 Å². The van der Waals surface area contributed by atoms with Crippen LogP contribution in [0.2, 0.25) is 0 Å². The number of benzene rings is 4. The third kappa shape index (κ3) is 9.21. The number of methoxy groups -OCH3 is 2. The van der Waals surface area contributed by atoms with Crippen molar-refractivity contribution < 1.29 is 28.8 Å². The molecule has 1 atom stereocenters. The summed E-state index contributed by atoms with van der Waals surface area (Å²) in [6.07, 6.45) is 2.04. The van der Waals surface area contributed by atoms with E-state index in [0.29, 0.717) is 46.0 Å². The van der Waals surface area contributed by atoms with Crippen LogP contribution >= 0.6 is 11.8 Å². The first-order valence-corrected chi connectivity index (χ1v) is 15.4. The first-order chi connectivity index (χ1) is 22.6. The predicted octanol–water partition coefficient (Wildman–Crippen LogP) is 6.84. The van der Waals surface area contributed by atoms with Crippen molar-refractivity contribution in [3.05, 3.63) is 123 Å². The molecule has 0 aliphatic heterocycles. The van der Waals surface area contributed by atoms with Crippen LogP contribution < -0.4 is 25.4 Å². The minimum absolute atomic E-state index is 0.00610. The van der Waals surface area contributed by atoms with Crippen LogP contribution in [-0.2, 0) is 9.59 Å². The van der Waals surface area contributed by atoms with Crippen molar-refractivity contribution in [2.45, 2.75) is 30.4 Å². The van der Waals surface area contributed by atoms with Gasteiger partial charge in [-0.3, -0.25) is 24.5 Å². The average molecular weight is 655 g/mol. The topological polar surface area (TPSA) is 149 Å². The highest BCUT2D eigenvalue weighted by Crippen LogP contribution is 2.31. The number of amides is 3. The molecule has 3 amide bonds. The number of carbonyl (C=O) groups is 3. The number of non-ortho nitro benzene ring substituents is 1. The van der Waals surface area contributed by atoms with Crippen molar-refractivity contribution in [1.82, 2.24) is 5.32 Å². The summed E-state index contributed by atoms with van der Waals surface area (Å²) in [5.74, 6) is -0.312. The Bertz CT molecular complexity index is 1810.